The Bertz CT molecular complexity index is 272. The van der Waals surface area contributed by atoms with E-state index in [0.29, 0.717) is 16.0 Å². The molecule has 0 aliphatic rings. The molecule has 0 aliphatic heterocycles. The summed E-state index contributed by atoms with van der Waals surface area (Å²) < 4.78 is 4.47. The van der Waals surface area contributed by atoms with Gasteiger partial charge in [-0.2, -0.15) is 0 Å². The molecule has 0 heterocycles. The van der Waals surface area contributed by atoms with Crippen LogP contribution in [0.2, 0.25) is 13.3 Å². The molecule has 0 bridgehead atoms. The minimum atomic E-state index is -2.76. The number of hydrogen-bond acceptors (Lipinski definition) is 1. The molecule has 0 N–H and O–H groups in total. The quantitative estimate of drug-likeness (QED) is 0.325. The topological polar surface area (TPSA) is 20.3 Å². The molecule has 2 nitrogen and oxygen atoms in total. The maximum absolute atomic E-state index is 13.6. The van der Waals surface area contributed by atoms with Gasteiger partial charge < -0.3 is 0 Å². The predicted molar refractivity (Wildman–Crippen MR) is 102 cm³/mol. The summed E-state index contributed by atoms with van der Waals surface area (Å²) in [5, 5.41) is 0. The number of carbonyl (C=O) groups is 1. The third-order valence-corrected chi connectivity index (χ3v) is 19.4. The minimum absolute atomic E-state index is 0.341. The van der Waals surface area contributed by atoms with Crippen LogP contribution in [0.4, 0.5) is 4.79 Å². The Hall–Kier alpha value is 0.269. The number of amides is 1. The molecule has 0 aromatic carbocycles. The number of rotatable bonds is 12. The summed E-state index contributed by atoms with van der Waals surface area (Å²) in [6.07, 6.45) is 7.48. The molecule has 22 heavy (non-hydrogen) atoms. The normalized spacial score (nSPS) is 12.2. The van der Waals surface area contributed by atoms with Gasteiger partial charge in [0.15, 0.2) is 0 Å². The van der Waals surface area contributed by atoms with Crippen molar-refractivity contribution in [1.82, 2.24) is 4.90 Å². The zero-order valence-electron chi connectivity index (χ0n) is 16.4. The Labute approximate surface area is 144 Å². The Morgan fingerprint density at radius 2 is 1.09 bits per heavy atom. The molecule has 0 saturated heterocycles. The fourth-order valence-corrected chi connectivity index (χ4v) is 19.4. The van der Waals surface area contributed by atoms with Gasteiger partial charge in [-0.1, -0.05) is 0 Å². The number of carbonyl (C=O) groups excluding carboxylic acids is 1. The summed E-state index contributed by atoms with van der Waals surface area (Å²) in [5.74, 6) is 0. The molecule has 3 heteroatoms. The first-order chi connectivity index (χ1) is 10.4. The van der Waals surface area contributed by atoms with Crippen LogP contribution in [0.1, 0.15) is 87.0 Å². The summed E-state index contributed by atoms with van der Waals surface area (Å²) in [6.45, 7) is 15.6. The van der Waals surface area contributed by atoms with Crippen molar-refractivity contribution < 1.29 is 4.79 Å². The second-order valence-electron chi connectivity index (χ2n) is 7.49. The Balaban J connectivity index is 5.47. The molecular formula is C19H41NOSn. The second kappa shape index (κ2) is 11.8. The molecule has 0 aliphatic carbocycles. The average Bonchev–Trinajstić information content (AvgIpc) is 2.46. The van der Waals surface area contributed by atoms with Gasteiger partial charge in [-0.05, 0) is 0 Å². The third-order valence-electron chi connectivity index (χ3n) is 4.83. The first-order valence-electron chi connectivity index (χ1n) is 9.69. The van der Waals surface area contributed by atoms with Crippen LogP contribution in [0.25, 0.3) is 0 Å². The van der Waals surface area contributed by atoms with E-state index in [4.69, 9.17) is 0 Å². The van der Waals surface area contributed by atoms with Crippen molar-refractivity contribution in [2.75, 3.05) is 0 Å². The summed E-state index contributed by atoms with van der Waals surface area (Å²) in [7, 11) is 0. The van der Waals surface area contributed by atoms with Crippen LogP contribution in [0.5, 0.6) is 0 Å². The van der Waals surface area contributed by atoms with Gasteiger partial charge in [0.2, 0.25) is 0 Å². The van der Waals surface area contributed by atoms with Crippen molar-refractivity contribution in [2.45, 2.75) is 112 Å². The molecular weight excluding hydrogens is 377 g/mol. The molecule has 0 aromatic rings. The van der Waals surface area contributed by atoms with E-state index in [1.165, 1.54) is 51.8 Å². The first-order valence-corrected chi connectivity index (χ1v) is 17.2. The van der Waals surface area contributed by atoms with Gasteiger partial charge in [0.25, 0.3) is 0 Å². The fourth-order valence-electron chi connectivity index (χ4n) is 3.58. The van der Waals surface area contributed by atoms with E-state index in [-0.39, 0.29) is 0 Å². The predicted octanol–water partition coefficient (Wildman–Crippen LogP) is 6.66. The molecule has 0 radical (unpaired) electrons. The van der Waals surface area contributed by atoms with Crippen LogP contribution < -0.4 is 0 Å². The van der Waals surface area contributed by atoms with E-state index in [9.17, 15) is 4.79 Å². The Morgan fingerprint density at radius 3 is 1.32 bits per heavy atom. The van der Waals surface area contributed by atoms with E-state index < -0.39 is 18.4 Å². The summed E-state index contributed by atoms with van der Waals surface area (Å²) in [5.41, 5.74) is 0. The van der Waals surface area contributed by atoms with Crippen LogP contribution in [0.15, 0.2) is 0 Å². The van der Waals surface area contributed by atoms with Gasteiger partial charge in [-0.3, -0.25) is 0 Å². The fraction of sp³-hybridized carbons (Fsp3) is 0.947. The van der Waals surface area contributed by atoms with Crippen molar-refractivity contribution in [3.05, 3.63) is 0 Å². The van der Waals surface area contributed by atoms with E-state index in [1.807, 2.05) is 0 Å². The number of unbranched alkanes of at least 4 members (excludes halogenated alkanes) is 3. The first kappa shape index (κ1) is 22.3. The average molecular weight is 418 g/mol. The van der Waals surface area contributed by atoms with Gasteiger partial charge in [-0.25, -0.2) is 0 Å². The zero-order chi connectivity index (χ0) is 17.2. The molecule has 0 rings (SSSR count). The van der Waals surface area contributed by atoms with Gasteiger partial charge >= 0.3 is 144 Å². The van der Waals surface area contributed by atoms with Crippen molar-refractivity contribution in [2.24, 2.45) is 0 Å². The van der Waals surface area contributed by atoms with Gasteiger partial charge in [0.1, 0.15) is 0 Å². The van der Waals surface area contributed by atoms with Gasteiger partial charge in [0, 0.05) is 0 Å². The van der Waals surface area contributed by atoms with Crippen LogP contribution in [0, 0.1) is 0 Å². The number of hydrogen-bond donors (Lipinski definition) is 0. The summed E-state index contributed by atoms with van der Waals surface area (Å²) in [4.78, 5) is 15.8. The van der Waals surface area contributed by atoms with E-state index in [2.05, 4.69) is 53.4 Å². The second-order valence-corrected chi connectivity index (χ2v) is 20.3. The van der Waals surface area contributed by atoms with Crippen molar-refractivity contribution in [3.63, 3.8) is 0 Å². The van der Waals surface area contributed by atoms with Crippen molar-refractivity contribution in [1.29, 1.82) is 0 Å². The summed E-state index contributed by atoms with van der Waals surface area (Å²) >= 11 is -2.76. The van der Waals surface area contributed by atoms with Crippen molar-refractivity contribution in [3.8, 4) is 0 Å². The molecule has 0 saturated carbocycles. The SMILES string of the molecule is CCC[CH2][Sn]([CH2]CCC)([CH2]CCC)[C](=O)N(C(C)C)C(C)C. The van der Waals surface area contributed by atoms with E-state index >= 15 is 0 Å². The molecule has 132 valence electrons. The van der Waals surface area contributed by atoms with Crippen molar-refractivity contribution >= 4 is 22.3 Å². The molecule has 0 spiro atoms. The number of nitrogens with zero attached hydrogens (tertiary/aromatic N) is 1. The standard InChI is InChI=1S/C7H14NO.3C4H9.Sn/c1-6(2)8(5-9)7(3)4;3*1-3-4-2;/h6-7H,1-4H3;3*1,3-4H2,2H3;. The van der Waals surface area contributed by atoms with Crippen LogP contribution >= 0.6 is 0 Å². The molecule has 1 amide bonds. The van der Waals surface area contributed by atoms with E-state index in [1.54, 1.807) is 0 Å². The zero-order valence-corrected chi connectivity index (χ0v) is 19.2. The third kappa shape index (κ3) is 6.80. The Morgan fingerprint density at radius 1 is 0.773 bits per heavy atom. The van der Waals surface area contributed by atoms with Crippen LogP contribution in [-0.2, 0) is 0 Å². The molecule has 0 fully saturated rings. The summed E-state index contributed by atoms with van der Waals surface area (Å²) in [6, 6.07) is 0.682. The molecule has 0 unspecified atom stereocenters. The molecule has 0 atom stereocenters. The molecule has 0 aromatic heterocycles. The van der Waals surface area contributed by atoms with Crippen LogP contribution in [-0.4, -0.2) is 39.3 Å². The van der Waals surface area contributed by atoms with Gasteiger partial charge in [0.05, 0.1) is 0 Å². The maximum atomic E-state index is 13.6. The van der Waals surface area contributed by atoms with E-state index in [0.717, 1.165) is 0 Å². The van der Waals surface area contributed by atoms with Gasteiger partial charge in [-0.15, -0.1) is 0 Å². The van der Waals surface area contributed by atoms with Crippen LogP contribution in [0.3, 0.4) is 0 Å². The Kier molecular flexibility index (Phi) is 11.9. The monoisotopic (exact) mass is 419 g/mol.